The highest BCUT2D eigenvalue weighted by atomic mass is 32.1. The van der Waals surface area contributed by atoms with Crippen LogP contribution in [0.1, 0.15) is 28.8 Å². The number of para-hydroxylation sites is 1. The highest BCUT2D eigenvalue weighted by Crippen LogP contribution is 2.29. The van der Waals surface area contributed by atoms with E-state index >= 15 is 0 Å². The Morgan fingerprint density at radius 2 is 1.76 bits per heavy atom. The predicted molar refractivity (Wildman–Crippen MR) is 132 cm³/mol. The predicted octanol–water partition coefficient (Wildman–Crippen LogP) is 6.11. The average Bonchev–Trinajstić information content (AvgIpc) is 3.41. The standard InChI is InChI=1S/C27H27NO5S/c1-18-9-14-24(34-18)25-28-23(19(2)32-25)15-16-31-21-12-10-20(11-13-21)17-27(3,26(29)30)33-22-7-5-4-6-8-22/h4-14H,15-17H2,1-3H3,(H,29,30). The van der Waals surface area contributed by atoms with E-state index < -0.39 is 11.6 Å². The number of thiophene rings is 1. The maximum Gasteiger partial charge on any atom is 0.348 e. The summed E-state index contributed by atoms with van der Waals surface area (Å²) in [5.41, 5.74) is 0.344. The van der Waals surface area contributed by atoms with Crippen molar-refractivity contribution in [3.8, 4) is 22.3 Å². The monoisotopic (exact) mass is 477 g/mol. The molecule has 34 heavy (non-hydrogen) atoms. The molecule has 6 nitrogen and oxygen atoms in total. The maximum atomic E-state index is 11.9. The van der Waals surface area contributed by atoms with Crippen LogP contribution in [0.3, 0.4) is 0 Å². The summed E-state index contributed by atoms with van der Waals surface area (Å²) in [4.78, 5) is 18.8. The first-order valence-electron chi connectivity index (χ1n) is 11.0. The van der Waals surface area contributed by atoms with Gasteiger partial charge in [-0.1, -0.05) is 30.3 Å². The van der Waals surface area contributed by atoms with E-state index in [2.05, 4.69) is 18.0 Å². The molecule has 0 aliphatic carbocycles. The fraction of sp³-hybridized carbons (Fsp3) is 0.259. The molecule has 176 valence electrons. The number of carbonyl (C=O) groups is 1. The SMILES string of the molecule is Cc1ccc(-c2nc(CCOc3ccc(CC(C)(Oc4ccccc4)C(=O)O)cc3)c(C)o2)s1. The third-order valence-corrected chi connectivity index (χ3v) is 6.44. The molecular formula is C27H27NO5S. The highest BCUT2D eigenvalue weighted by molar-refractivity contribution is 7.15. The fourth-order valence-electron chi connectivity index (χ4n) is 3.58. The minimum absolute atomic E-state index is 0.223. The van der Waals surface area contributed by atoms with Crippen LogP contribution in [-0.2, 0) is 17.6 Å². The molecule has 4 aromatic rings. The fourth-order valence-corrected chi connectivity index (χ4v) is 4.37. The molecule has 0 saturated heterocycles. The van der Waals surface area contributed by atoms with Crippen LogP contribution in [0.5, 0.6) is 11.5 Å². The molecule has 1 N–H and O–H groups in total. The van der Waals surface area contributed by atoms with Gasteiger partial charge in [0, 0.05) is 17.7 Å². The number of oxazole rings is 1. The number of hydrogen-bond donors (Lipinski definition) is 1. The number of rotatable bonds is 10. The summed E-state index contributed by atoms with van der Waals surface area (Å²) in [7, 11) is 0. The summed E-state index contributed by atoms with van der Waals surface area (Å²) < 4.78 is 17.5. The molecule has 2 heterocycles. The number of hydrogen-bond acceptors (Lipinski definition) is 6. The molecule has 0 spiro atoms. The van der Waals surface area contributed by atoms with Crippen LogP contribution in [-0.4, -0.2) is 28.3 Å². The van der Waals surface area contributed by atoms with Gasteiger partial charge in [0.05, 0.1) is 17.2 Å². The first-order valence-corrected chi connectivity index (χ1v) is 11.9. The van der Waals surface area contributed by atoms with Crippen molar-refractivity contribution < 1.29 is 23.8 Å². The van der Waals surface area contributed by atoms with Crippen molar-refractivity contribution in [2.24, 2.45) is 0 Å². The van der Waals surface area contributed by atoms with Crippen molar-refractivity contribution in [3.05, 3.63) is 88.6 Å². The van der Waals surface area contributed by atoms with Crippen molar-refractivity contribution >= 4 is 17.3 Å². The Kier molecular flexibility index (Phi) is 7.03. The van der Waals surface area contributed by atoms with Gasteiger partial charge >= 0.3 is 5.97 Å². The van der Waals surface area contributed by atoms with E-state index in [1.807, 2.05) is 55.5 Å². The van der Waals surface area contributed by atoms with E-state index in [1.165, 1.54) is 4.88 Å². The van der Waals surface area contributed by atoms with Crippen LogP contribution in [0.4, 0.5) is 0 Å². The molecule has 0 bridgehead atoms. The zero-order chi connectivity index (χ0) is 24.1. The van der Waals surface area contributed by atoms with E-state index in [0.717, 1.165) is 21.9 Å². The van der Waals surface area contributed by atoms with E-state index in [1.54, 1.807) is 30.4 Å². The first-order chi connectivity index (χ1) is 16.3. The molecule has 1 unspecified atom stereocenters. The van der Waals surface area contributed by atoms with Gasteiger partial charge in [0.25, 0.3) is 0 Å². The molecule has 1 atom stereocenters. The topological polar surface area (TPSA) is 81.8 Å². The average molecular weight is 478 g/mol. The van der Waals surface area contributed by atoms with Gasteiger partial charge < -0.3 is 19.0 Å². The highest BCUT2D eigenvalue weighted by Gasteiger charge is 2.36. The third-order valence-electron chi connectivity index (χ3n) is 5.45. The molecule has 0 saturated carbocycles. The van der Waals surface area contributed by atoms with E-state index in [4.69, 9.17) is 13.9 Å². The molecule has 0 fully saturated rings. The molecule has 0 aliphatic rings. The van der Waals surface area contributed by atoms with Crippen molar-refractivity contribution in [1.29, 1.82) is 0 Å². The Labute approximate surface area is 202 Å². The second kappa shape index (κ2) is 10.1. The molecular weight excluding hydrogens is 450 g/mol. The second-order valence-corrected chi connectivity index (χ2v) is 9.59. The Bertz CT molecular complexity index is 1250. The summed E-state index contributed by atoms with van der Waals surface area (Å²) in [6.07, 6.45) is 0.851. The van der Waals surface area contributed by atoms with Crippen LogP contribution in [0.15, 0.2) is 71.1 Å². The molecule has 0 aliphatic heterocycles. The molecule has 2 aromatic heterocycles. The van der Waals surface area contributed by atoms with Gasteiger partial charge in [-0.15, -0.1) is 11.3 Å². The molecule has 0 radical (unpaired) electrons. The summed E-state index contributed by atoms with van der Waals surface area (Å²) in [5.74, 6) is 1.66. The number of ether oxygens (including phenoxy) is 2. The minimum Gasteiger partial charge on any atom is -0.493 e. The zero-order valence-corrected chi connectivity index (χ0v) is 20.2. The largest absolute Gasteiger partial charge is 0.493 e. The summed E-state index contributed by atoms with van der Waals surface area (Å²) in [6, 6.07) is 20.5. The minimum atomic E-state index is -1.38. The number of aryl methyl sites for hydroxylation is 2. The number of carboxylic acid groups (broad SMARTS) is 1. The zero-order valence-electron chi connectivity index (χ0n) is 19.4. The third kappa shape index (κ3) is 5.66. The molecule has 7 heteroatoms. The summed E-state index contributed by atoms with van der Waals surface area (Å²) in [6.45, 7) is 6.01. The summed E-state index contributed by atoms with van der Waals surface area (Å²) in [5, 5.41) is 9.77. The Morgan fingerprint density at radius 1 is 1.03 bits per heavy atom. The van der Waals surface area contributed by atoms with Gasteiger partial charge in [0.15, 0.2) is 0 Å². The molecule has 4 rings (SSSR count). The normalized spacial score (nSPS) is 12.8. The van der Waals surface area contributed by atoms with Crippen molar-refractivity contribution in [2.75, 3.05) is 6.61 Å². The lowest BCUT2D eigenvalue weighted by atomic mass is 9.96. The van der Waals surface area contributed by atoms with Gasteiger partial charge in [-0.05, 0) is 62.7 Å². The summed E-state index contributed by atoms with van der Waals surface area (Å²) >= 11 is 1.66. The second-order valence-electron chi connectivity index (χ2n) is 8.30. The van der Waals surface area contributed by atoms with Crippen LogP contribution >= 0.6 is 11.3 Å². The number of nitrogens with zero attached hydrogens (tertiary/aromatic N) is 1. The van der Waals surface area contributed by atoms with E-state index in [9.17, 15) is 9.90 Å². The van der Waals surface area contributed by atoms with Gasteiger partial charge in [-0.25, -0.2) is 9.78 Å². The van der Waals surface area contributed by atoms with Crippen LogP contribution in [0.25, 0.3) is 10.8 Å². The van der Waals surface area contributed by atoms with Gasteiger partial charge in [-0.3, -0.25) is 0 Å². The van der Waals surface area contributed by atoms with Crippen molar-refractivity contribution in [2.45, 2.75) is 39.2 Å². The Balaban J connectivity index is 1.34. The van der Waals surface area contributed by atoms with Crippen LogP contribution < -0.4 is 9.47 Å². The lowest BCUT2D eigenvalue weighted by molar-refractivity contribution is -0.153. The lowest BCUT2D eigenvalue weighted by Gasteiger charge is -2.26. The van der Waals surface area contributed by atoms with E-state index in [0.29, 0.717) is 30.4 Å². The molecule has 0 amide bonds. The lowest BCUT2D eigenvalue weighted by Crippen LogP contribution is -2.43. The van der Waals surface area contributed by atoms with Crippen molar-refractivity contribution in [1.82, 2.24) is 4.98 Å². The Morgan fingerprint density at radius 3 is 2.41 bits per heavy atom. The van der Waals surface area contributed by atoms with Crippen LogP contribution in [0, 0.1) is 13.8 Å². The van der Waals surface area contributed by atoms with E-state index in [-0.39, 0.29) is 6.42 Å². The van der Waals surface area contributed by atoms with Gasteiger partial charge in [-0.2, -0.15) is 0 Å². The van der Waals surface area contributed by atoms with Gasteiger partial charge in [0.1, 0.15) is 17.3 Å². The van der Waals surface area contributed by atoms with Crippen molar-refractivity contribution in [3.63, 3.8) is 0 Å². The number of aromatic nitrogens is 1. The number of aliphatic carboxylic acids is 1. The number of benzene rings is 2. The quantitative estimate of drug-likeness (QED) is 0.297. The maximum absolute atomic E-state index is 11.9. The molecule has 2 aromatic carbocycles. The smallest absolute Gasteiger partial charge is 0.348 e. The van der Waals surface area contributed by atoms with Gasteiger partial charge in [0.2, 0.25) is 11.5 Å². The Hall–Kier alpha value is -3.58. The first kappa shape index (κ1) is 23.6. The number of carboxylic acids is 1. The van der Waals surface area contributed by atoms with Crippen LogP contribution in [0.2, 0.25) is 0 Å².